The molecule has 2 fully saturated rings. The van der Waals surface area contributed by atoms with Gasteiger partial charge in [-0.15, -0.1) is 0 Å². The van der Waals surface area contributed by atoms with E-state index in [0.717, 1.165) is 37.6 Å². The first-order valence-corrected chi connectivity index (χ1v) is 9.72. The first-order chi connectivity index (χ1) is 13.7. The Morgan fingerprint density at radius 1 is 1.04 bits per heavy atom. The zero-order valence-electron chi connectivity index (χ0n) is 15.9. The smallest absolute Gasteiger partial charge is 0.255 e. The van der Waals surface area contributed by atoms with Gasteiger partial charge in [-0.05, 0) is 24.1 Å². The van der Waals surface area contributed by atoms with E-state index in [4.69, 9.17) is 4.98 Å². The van der Waals surface area contributed by atoms with Gasteiger partial charge >= 0.3 is 0 Å². The summed E-state index contributed by atoms with van der Waals surface area (Å²) in [5.41, 5.74) is 2.96. The van der Waals surface area contributed by atoms with Crippen LogP contribution in [-0.2, 0) is 13.6 Å². The molecular formula is C22H23N5O. The normalized spacial score (nSPS) is 21.4. The van der Waals surface area contributed by atoms with Crippen LogP contribution in [0, 0.1) is 0 Å². The topological polar surface area (TPSA) is 54.3 Å². The van der Waals surface area contributed by atoms with E-state index in [1.54, 1.807) is 23.0 Å². The number of anilines is 1. The average molecular weight is 373 g/mol. The van der Waals surface area contributed by atoms with Crippen LogP contribution in [0.5, 0.6) is 0 Å². The van der Waals surface area contributed by atoms with Crippen molar-refractivity contribution < 1.29 is 0 Å². The number of hydrogen-bond donors (Lipinski definition) is 0. The number of pyridine rings is 1. The SMILES string of the molecule is Cn1c(N2CC3C[C@H]2CN3Cc2ccccc2)nc(-c2ccncc2)cc1=O. The Bertz CT molecular complexity index is 1030. The second-order valence-corrected chi connectivity index (χ2v) is 7.69. The Kier molecular flexibility index (Phi) is 4.20. The highest BCUT2D eigenvalue weighted by Gasteiger charge is 2.44. The molecule has 28 heavy (non-hydrogen) atoms. The Hall–Kier alpha value is -2.99. The van der Waals surface area contributed by atoms with Crippen LogP contribution < -0.4 is 10.5 Å². The summed E-state index contributed by atoms with van der Waals surface area (Å²) in [5.74, 6) is 0.770. The van der Waals surface area contributed by atoms with Gasteiger partial charge in [0.2, 0.25) is 5.95 Å². The molecule has 6 heteroatoms. The van der Waals surface area contributed by atoms with Crippen molar-refractivity contribution in [1.82, 2.24) is 19.4 Å². The van der Waals surface area contributed by atoms with E-state index in [9.17, 15) is 4.79 Å². The van der Waals surface area contributed by atoms with Crippen molar-refractivity contribution in [2.45, 2.75) is 25.0 Å². The molecule has 0 spiro atoms. The maximum atomic E-state index is 12.6. The molecule has 0 aliphatic carbocycles. The highest BCUT2D eigenvalue weighted by atomic mass is 16.1. The molecule has 2 aromatic heterocycles. The molecule has 2 saturated heterocycles. The van der Waals surface area contributed by atoms with Gasteiger partial charge in [0, 0.05) is 62.8 Å². The van der Waals surface area contributed by atoms with Crippen LogP contribution in [0.25, 0.3) is 11.3 Å². The largest absolute Gasteiger partial charge is 0.336 e. The van der Waals surface area contributed by atoms with E-state index < -0.39 is 0 Å². The second kappa shape index (κ2) is 6.87. The van der Waals surface area contributed by atoms with Gasteiger partial charge < -0.3 is 4.90 Å². The number of fused-ring (bicyclic) bond motifs is 2. The van der Waals surface area contributed by atoms with Crippen molar-refractivity contribution in [2.75, 3.05) is 18.0 Å². The van der Waals surface area contributed by atoms with E-state index in [-0.39, 0.29) is 5.56 Å². The summed E-state index contributed by atoms with van der Waals surface area (Å²) >= 11 is 0. The maximum Gasteiger partial charge on any atom is 0.255 e. The lowest BCUT2D eigenvalue weighted by molar-refractivity contribution is 0.229. The summed E-state index contributed by atoms with van der Waals surface area (Å²) in [6.07, 6.45) is 4.59. The lowest BCUT2D eigenvalue weighted by Gasteiger charge is -2.35. The molecule has 1 aromatic carbocycles. The summed E-state index contributed by atoms with van der Waals surface area (Å²) in [6, 6.07) is 16.9. The Balaban J connectivity index is 1.40. The molecule has 6 nitrogen and oxygen atoms in total. The number of piperazine rings is 1. The van der Waals surface area contributed by atoms with Gasteiger partial charge in [0.05, 0.1) is 5.69 Å². The lowest BCUT2D eigenvalue weighted by Crippen LogP contribution is -2.47. The first-order valence-electron chi connectivity index (χ1n) is 9.72. The number of rotatable bonds is 4. The van der Waals surface area contributed by atoms with Crippen molar-refractivity contribution in [3.05, 3.63) is 76.8 Å². The molecule has 0 saturated carbocycles. The molecule has 2 bridgehead atoms. The van der Waals surface area contributed by atoms with Gasteiger partial charge in [0.1, 0.15) is 0 Å². The standard InChI is InChI=1S/C22H23N5O/c1-25-21(28)12-20(17-7-9-23-10-8-17)24-22(25)27-15-18-11-19(27)14-26(18)13-16-5-3-2-4-6-16/h2-10,12,18-19H,11,13-15H2,1H3/t18?,19-/m0/s1. The van der Waals surface area contributed by atoms with Gasteiger partial charge in [-0.3, -0.25) is 19.2 Å². The van der Waals surface area contributed by atoms with Crippen LogP contribution >= 0.6 is 0 Å². The van der Waals surface area contributed by atoms with Gasteiger partial charge in [0.25, 0.3) is 5.56 Å². The Morgan fingerprint density at radius 2 is 1.82 bits per heavy atom. The quantitative estimate of drug-likeness (QED) is 0.702. The van der Waals surface area contributed by atoms with Crippen LogP contribution in [0.4, 0.5) is 5.95 Å². The highest BCUT2D eigenvalue weighted by Crippen LogP contribution is 2.34. The highest BCUT2D eigenvalue weighted by molar-refractivity contribution is 5.59. The van der Waals surface area contributed by atoms with Crippen LogP contribution in [0.1, 0.15) is 12.0 Å². The number of benzene rings is 1. The molecular weight excluding hydrogens is 350 g/mol. The fraction of sp³-hybridized carbons (Fsp3) is 0.318. The van der Waals surface area contributed by atoms with Gasteiger partial charge in [0.15, 0.2) is 0 Å². The van der Waals surface area contributed by atoms with E-state index in [2.05, 4.69) is 45.1 Å². The van der Waals surface area contributed by atoms with Gasteiger partial charge in [-0.25, -0.2) is 4.98 Å². The van der Waals surface area contributed by atoms with Crippen molar-refractivity contribution >= 4 is 5.95 Å². The first kappa shape index (κ1) is 17.1. The van der Waals surface area contributed by atoms with Crippen LogP contribution in [0.15, 0.2) is 65.7 Å². The molecule has 2 aliphatic heterocycles. The number of hydrogen-bond acceptors (Lipinski definition) is 5. The minimum atomic E-state index is -0.0271. The molecule has 2 aliphatic rings. The van der Waals surface area contributed by atoms with Crippen LogP contribution in [0.3, 0.4) is 0 Å². The predicted octanol–water partition coefficient (Wildman–Crippen LogP) is 2.31. The third-order valence-electron chi connectivity index (χ3n) is 5.93. The summed E-state index contributed by atoms with van der Waals surface area (Å²) in [5, 5.41) is 0. The molecule has 1 unspecified atom stereocenters. The zero-order chi connectivity index (χ0) is 19.1. The number of aromatic nitrogens is 3. The second-order valence-electron chi connectivity index (χ2n) is 7.69. The van der Waals surface area contributed by atoms with Crippen molar-refractivity contribution in [1.29, 1.82) is 0 Å². The summed E-state index contributed by atoms with van der Waals surface area (Å²) < 4.78 is 1.67. The molecule has 0 radical (unpaired) electrons. The van der Waals surface area contributed by atoms with Gasteiger partial charge in [-0.2, -0.15) is 0 Å². The Labute approximate surface area is 164 Å². The van der Waals surface area contributed by atoms with E-state index in [1.165, 1.54) is 5.56 Å². The third-order valence-corrected chi connectivity index (χ3v) is 5.93. The fourth-order valence-electron chi connectivity index (χ4n) is 4.46. The molecule has 5 rings (SSSR count). The van der Waals surface area contributed by atoms with Crippen LogP contribution in [0.2, 0.25) is 0 Å². The van der Waals surface area contributed by atoms with Crippen LogP contribution in [-0.4, -0.2) is 44.6 Å². The summed E-state index contributed by atoms with van der Waals surface area (Å²) in [4.78, 5) is 26.4. The van der Waals surface area contributed by atoms with Crippen molar-refractivity contribution in [3.63, 3.8) is 0 Å². The lowest BCUT2D eigenvalue weighted by atomic mass is 10.2. The minimum Gasteiger partial charge on any atom is -0.336 e. The van der Waals surface area contributed by atoms with Gasteiger partial charge in [-0.1, -0.05) is 30.3 Å². The predicted molar refractivity (Wildman–Crippen MR) is 109 cm³/mol. The average Bonchev–Trinajstić information content (AvgIpc) is 3.32. The maximum absolute atomic E-state index is 12.6. The Morgan fingerprint density at radius 3 is 2.54 bits per heavy atom. The van der Waals surface area contributed by atoms with E-state index in [1.807, 2.05) is 19.2 Å². The molecule has 0 amide bonds. The molecule has 2 atom stereocenters. The summed E-state index contributed by atoms with van der Waals surface area (Å²) in [7, 11) is 1.81. The third kappa shape index (κ3) is 2.99. The van der Waals surface area contributed by atoms with Crippen molar-refractivity contribution in [2.24, 2.45) is 7.05 Å². The minimum absolute atomic E-state index is 0.0271. The van der Waals surface area contributed by atoms with E-state index >= 15 is 0 Å². The number of nitrogens with zero attached hydrogens (tertiary/aromatic N) is 5. The van der Waals surface area contributed by atoms with Crippen molar-refractivity contribution in [3.8, 4) is 11.3 Å². The number of likely N-dealkylation sites (tertiary alicyclic amines) is 1. The summed E-state index contributed by atoms with van der Waals surface area (Å²) in [6.45, 7) is 2.91. The fourth-order valence-corrected chi connectivity index (χ4v) is 4.46. The molecule has 4 heterocycles. The monoisotopic (exact) mass is 373 g/mol. The molecule has 0 N–H and O–H groups in total. The van der Waals surface area contributed by atoms with E-state index in [0.29, 0.717) is 17.8 Å². The zero-order valence-corrected chi connectivity index (χ0v) is 15.9. The molecule has 3 aromatic rings. The molecule has 142 valence electrons.